The quantitative estimate of drug-likeness (QED) is 0.721. The summed E-state index contributed by atoms with van der Waals surface area (Å²) in [7, 11) is 0. The van der Waals surface area contributed by atoms with E-state index in [9.17, 15) is 4.79 Å². The van der Waals surface area contributed by atoms with Crippen molar-refractivity contribution in [1.29, 1.82) is 0 Å². The Labute approximate surface area is 102 Å². The van der Waals surface area contributed by atoms with Gasteiger partial charge in [0.2, 0.25) is 0 Å². The second-order valence-electron chi connectivity index (χ2n) is 3.43. The first-order chi connectivity index (χ1) is 8.16. The van der Waals surface area contributed by atoms with Crippen molar-refractivity contribution in [3.63, 3.8) is 0 Å². The molecule has 0 spiro atoms. The molecule has 1 aromatic carbocycles. The molecule has 0 atom stereocenters. The summed E-state index contributed by atoms with van der Waals surface area (Å²) in [5, 5.41) is 12.1. The summed E-state index contributed by atoms with van der Waals surface area (Å²) in [5.41, 5.74) is 8.63. The third kappa shape index (κ3) is 2.73. The molecular formula is C11H11N3O2S. The number of nitrogens with two attached hydrogens (primary N) is 1. The van der Waals surface area contributed by atoms with Crippen LogP contribution in [0.1, 0.15) is 15.2 Å². The highest BCUT2D eigenvalue weighted by atomic mass is 32.1. The summed E-state index contributed by atoms with van der Waals surface area (Å²) in [6, 6.07) is 4.68. The zero-order valence-corrected chi connectivity index (χ0v) is 9.70. The van der Waals surface area contributed by atoms with Crippen molar-refractivity contribution < 1.29 is 9.90 Å². The topological polar surface area (TPSA) is 88.2 Å². The first-order valence-corrected chi connectivity index (χ1v) is 5.79. The van der Waals surface area contributed by atoms with Crippen LogP contribution in [0.5, 0.6) is 0 Å². The number of anilines is 2. The van der Waals surface area contributed by atoms with Gasteiger partial charge in [0.15, 0.2) is 0 Å². The number of carboxylic acids is 1. The molecule has 0 aliphatic rings. The first kappa shape index (κ1) is 11.4. The molecule has 0 aliphatic carbocycles. The predicted molar refractivity (Wildman–Crippen MR) is 67.3 cm³/mol. The molecule has 4 N–H and O–H groups in total. The van der Waals surface area contributed by atoms with Gasteiger partial charge in [0.05, 0.1) is 23.3 Å². The van der Waals surface area contributed by atoms with E-state index >= 15 is 0 Å². The fraction of sp³-hybridized carbons (Fsp3) is 0.0909. The molecule has 17 heavy (non-hydrogen) atoms. The monoisotopic (exact) mass is 249 g/mol. The largest absolute Gasteiger partial charge is 0.478 e. The lowest BCUT2D eigenvalue weighted by molar-refractivity contribution is 0.0698. The third-order valence-electron chi connectivity index (χ3n) is 2.21. The van der Waals surface area contributed by atoms with E-state index in [2.05, 4.69) is 10.3 Å². The molecule has 5 nitrogen and oxygen atoms in total. The number of thiazole rings is 1. The van der Waals surface area contributed by atoms with Crippen molar-refractivity contribution in [1.82, 2.24) is 4.98 Å². The number of hydrogen-bond acceptors (Lipinski definition) is 5. The Morgan fingerprint density at radius 3 is 3.00 bits per heavy atom. The molecular weight excluding hydrogens is 238 g/mol. The maximum Gasteiger partial charge on any atom is 0.337 e. The second kappa shape index (κ2) is 4.84. The summed E-state index contributed by atoms with van der Waals surface area (Å²) < 4.78 is 0. The van der Waals surface area contributed by atoms with Gasteiger partial charge in [-0.3, -0.25) is 4.98 Å². The molecule has 6 heteroatoms. The normalized spacial score (nSPS) is 10.1. The fourth-order valence-corrected chi connectivity index (χ4v) is 1.94. The van der Waals surface area contributed by atoms with Crippen LogP contribution in [-0.2, 0) is 6.54 Å². The summed E-state index contributed by atoms with van der Waals surface area (Å²) in [6.07, 6.45) is 1.74. The number of aromatic nitrogens is 1. The van der Waals surface area contributed by atoms with Gasteiger partial charge in [0.1, 0.15) is 0 Å². The average Bonchev–Trinajstić information content (AvgIpc) is 2.78. The Kier molecular flexibility index (Phi) is 3.24. The second-order valence-corrected chi connectivity index (χ2v) is 4.40. The van der Waals surface area contributed by atoms with E-state index in [4.69, 9.17) is 10.8 Å². The van der Waals surface area contributed by atoms with Crippen molar-refractivity contribution in [3.05, 3.63) is 40.3 Å². The van der Waals surface area contributed by atoms with E-state index in [1.807, 2.05) is 0 Å². The molecule has 2 aromatic rings. The lowest BCUT2D eigenvalue weighted by Crippen LogP contribution is -2.06. The molecule has 2 rings (SSSR count). The average molecular weight is 249 g/mol. The minimum absolute atomic E-state index is 0.212. The molecule has 0 aliphatic heterocycles. The first-order valence-electron chi connectivity index (χ1n) is 4.91. The number of hydrogen-bond donors (Lipinski definition) is 3. The van der Waals surface area contributed by atoms with E-state index in [1.54, 1.807) is 23.8 Å². The van der Waals surface area contributed by atoms with Crippen LogP contribution in [0.15, 0.2) is 29.9 Å². The number of carbonyl (C=O) groups is 1. The zero-order chi connectivity index (χ0) is 12.3. The Morgan fingerprint density at radius 2 is 2.35 bits per heavy atom. The van der Waals surface area contributed by atoms with Crippen LogP contribution in [0.25, 0.3) is 0 Å². The molecule has 0 amide bonds. The maximum absolute atomic E-state index is 11.0. The van der Waals surface area contributed by atoms with Gasteiger partial charge < -0.3 is 16.2 Å². The SMILES string of the molecule is Nc1ccc(C(=O)O)c(NCc2cncs2)c1. The van der Waals surface area contributed by atoms with Crippen LogP contribution in [0, 0.1) is 0 Å². The number of nitrogen functional groups attached to an aromatic ring is 1. The van der Waals surface area contributed by atoms with Crippen molar-refractivity contribution in [2.75, 3.05) is 11.1 Å². The van der Waals surface area contributed by atoms with Crippen LogP contribution in [0.3, 0.4) is 0 Å². The van der Waals surface area contributed by atoms with Crippen LogP contribution < -0.4 is 11.1 Å². The van der Waals surface area contributed by atoms with E-state index in [0.29, 0.717) is 17.9 Å². The minimum atomic E-state index is -0.975. The van der Waals surface area contributed by atoms with Gasteiger partial charge in [0, 0.05) is 16.8 Å². The van der Waals surface area contributed by atoms with Gasteiger partial charge in [-0.15, -0.1) is 11.3 Å². The maximum atomic E-state index is 11.0. The summed E-state index contributed by atoms with van der Waals surface area (Å²) in [4.78, 5) is 16.0. The lowest BCUT2D eigenvalue weighted by Gasteiger charge is -2.09. The molecule has 0 saturated heterocycles. The number of nitrogens with one attached hydrogen (secondary N) is 1. The zero-order valence-electron chi connectivity index (χ0n) is 8.88. The predicted octanol–water partition coefficient (Wildman–Crippen LogP) is 2.04. The summed E-state index contributed by atoms with van der Waals surface area (Å²) >= 11 is 1.51. The standard InChI is InChI=1S/C11H11N3O2S/c12-7-1-2-9(11(15)16)10(3-7)14-5-8-4-13-6-17-8/h1-4,6,14H,5,12H2,(H,15,16). The van der Waals surface area contributed by atoms with Crippen LogP contribution in [0.2, 0.25) is 0 Å². The summed E-state index contributed by atoms with van der Waals surface area (Å²) in [5.74, 6) is -0.975. The molecule has 0 unspecified atom stereocenters. The number of aromatic carboxylic acids is 1. The molecule has 0 radical (unpaired) electrons. The van der Waals surface area contributed by atoms with Crippen LogP contribution in [-0.4, -0.2) is 16.1 Å². The minimum Gasteiger partial charge on any atom is -0.478 e. The molecule has 0 bridgehead atoms. The van der Waals surface area contributed by atoms with Gasteiger partial charge in [-0.25, -0.2) is 4.79 Å². The van der Waals surface area contributed by atoms with E-state index in [0.717, 1.165) is 4.88 Å². The molecule has 0 saturated carbocycles. The highest BCUT2D eigenvalue weighted by Crippen LogP contribution is 2.20. The van der Waals surface area contributed by atoms with Gasteiger partial charge >= 0.3 is 5.97 Å². The van der Waals surface area contributed by atoms with Crippen molar-refractivity contribution in [2.24, 2.45) is 0 Å². The van der Waals surface area contributed by atoms with Gasteiger partial charge in [0.25, 0.3) is 0 Å². The molecule has 0 fully saturated rings. The Morgan fingerprint density at radius 1 is 1.53 bits per heavy atom. The fourth-order valence-electron chi connectivity index (χ4n) is 1.41. The van der Waals surface area contributed by atoms with Crippen molar-refractivity contribution in [2.45, 2.75) is 6.54 Å². The smallest absolute Gasteiger partial charge is 0.337 e. The Balaban J connectivity index is 2.19. The van der Waals surface area contributed by atoms with Gasteiger partial charge in [-0.2, -0.15) is 0 Å². The molecule has 1 aromatic heterocycles. The number of nitrogens with zero attached hydrogens (tertiary/aromatic N) is 1. The number of rotatable bonds is 4. The Bertz CT molecular complexity index is 526. The third-order valence-corrected chi connectivity index (χ3v) is 2.99. The number of carboxylic acid groups (broad SMARTS) is 1. The Hall–Kier alpha value is -2.08. The highest BCUT2D eigenvalue weighted by Gasteiger charge is 2.09. The number of benzene rings is 1. The van der Waals surface area contributed by atoms with Crippen molar-refractivity contribution in [3.8, 4) is 0 Å². The molecule has 1 heterocycles. The summed E-state index contributed by atoms with van der Waals surface area (Å²) in [6.45, 7) is 0.536. The van der Waals surface area contributed by atoms with E-state index < -0.39 is 5.97 Å². The van der Waals surface area contributed by atoms with Crippen LogP contribution >= 0.6 is 11.3 Å². The van der Waals surface area contributed by atoms with Crippen LogP contribution in [0.4, 0.5) is 11.4 Å². The lowest BCUT2D eigenvalue weighted by atomic mass is 10.1. The van der Waals surface area contributed by atoms with Crippen molar-refractivity contribution >= 4 is 28.7 Å². The van der Waals surface area contributed by atoms with E-state index in [-0.39, 0.29) is 5.56 Å². The highest BCUT2D eigenvalue weighted by molar-refractivity contribution is 7.09. The van der Waals surface area contributed by atoms with E-state index in [1.165, 1.54) is 17.4 Å². The van der Waals surface area contributed by atoms with Gasteiger partial charge in [-0.1, -0.05) is 0 Å². The molecule has 88 valence electrons. The van der Waals surface area contributed by atoms with Gasteiger partial charge in [-0.05, 0) is 18.2 Å².